The molecule has 0 saturated heterocycles. The quantitative estimate of drug-likeness (QED) is 0.547. The SMILES string of the molecule is C=C[C@]1(C)[C@H](O)CC[C@@H]2[C@]3(C)CC[C@H](OC(C)=O)C(C)(C)[C@@H]3CC[C@]21C. The number of aliphatic hydroxyl groups is 1. The molecule has 0 spiro atoms. The van der Waals surface area contributed by atoms with E-state index < -0.39 is 0 Å². The van der Waals surface area contributed by atoms with Gasteiger partial charge < -0.3 is 9.84 Å². The molecule has 3 aliphatic carbocycles. The molecule has 3 nitrogen and oxygen atoms in total. The minimum absolute atomic E-state index is 0.0133. The molecule has 3 fully saturated rings. The molecule has 3 heteroatoms. The lowest BCUT2D eigenvalue weighted by atomic mass is 9.36. The van der Waals surface area contributed by atoms with E-state index in [1.165, 1.54) is 6.92 Å². The topological polar surface area (TPSA) is 46.5 Å². The number of hydrogen-bond acceptors (Lipinski definition) is 3. The van der Waals surface area contributed by atoms with E-state index in [2.05, 4.69) is 41.2 Å². The van der Waals surface area contributed by atoms with E-state index in [9.17, 15) is 9.90 Å². The molecule has 0 bridgehead atoms. The zero-order chi connectivity index (χ0) is 19.5. The van der Waals surface area contributed by atoms with Crippen LogP contribution in [0, 0.1) is 33.5 Å². The second-order valence-electron chi connectivity index (χ2n) is 10.6. The summed E-state index contributed by atoms with van der Waals surface area (Å²) in [5.74, 6) is 0.945. The summed E-state index contributed by atoms with van der Waals surface area (Å²) in [4.78, 5) is 11.6. The predicted molar refractivity (Wildman–Crippen MR) is 105 cm³/mol. The molecular formula is C23H38O3. The molecule has 0 unspecified atom stereocenters. The van der Waals surface area contributed by atoms with Crippen molar-refractivity contribution in [1.29, 1.82) is 0 Å². The Kier molecular flexibility index (Phi) is 4.66. The van der Waals surface area contributed by atoms with Crippen LogP contribution in [0.2, 0.25) is 0 Å². The van der Waals surface area contributed by atoms with Crippen LogP contribution in [0.4, 0.5) is 0 Å². The van der Waals surface area contributed by atoms with Crippen molar-refractivity contribution < 1.29 is 14.6 Å². The van der Waals surface area contributed by atoms with Gasteiger partial charge in [-0.3, -0.25) is 4.79 Å². The van der Waals surface area contributed by atoms with Crippen LogP contribution >= 0.6 is 0 Å². The summed E-state index contributed by atoms with van der Waals surface area (Å²) in [5.41, 5.74) is 0.0427. The highest BCUT2D eigenvalue weighted by Gasteiger charge is 2.66. The molecule has 26 heavy (non-hydrogen) atoms. The van der Waals surface area contributed by atoms with Crippen LogP contribution in [0.3, 0.4) is 0 Å². The maximum Gasteiger partial charge on any atom is 0.302 e. The summed E-state index contributed by atoms with van der Waals surface area (Å²) >= 11 is 0. The second kappa shape index (κ2) is 6.09. The van der Waals surface area contributed by atoms with Gasteiger partial charge in [0.1, 0.15) is 6.10 Å². The molecule has 1 N–H and O–H groups in total. The third-order valence-electron chi connectivity index (χ3n) is 9.37. The summed E-state index contributed by atoms with van der Waals surface area (Å²) in [7, 11) is 0. The van der Waals surface area contributed by atoms with Crippen LogP contribution in [0.25, 0.3) is 0 Å². The van der Waals surface area contributed by atoms with E-state index in [1.807, 2.05) is 6.08 Å². The monoisotopic (exact) mass is 362 g/mol. The van der Waals surface area contributed by atoms with E-state index in [4.69, 9.17) is 4.74 Å². The van der Waals surface area contributed by atoms with Gasteiger partial charge in [0, 0.05) is 17.8 Å². The van der Waals surface area contributed by atoms with Crippen LogP contribution in [-0.2, 0) is 9.53 Å². The van der Waals surface area contributed by atoms with E-state index in [-0.39, 0.29) is 39.8 Å². The average Bonchev–Trinajstić information content (AvgIpc) is 2.54. The van der Waals surface area contributed by atoms with Gasteiger partial charge in [-0.2, -0.15) is 0 Å². The van der Waals surface area contributed by atoms with Gasteiger partial charge in [0.2, 0.25) is 0 Å². The van der Waals surface area contributed by atoms with Crippen LogP contribution in [0.5, 0.6) is 0 Å². The minimum Gasteiger partial charge on any atom is -0.462 e. The number of fused-ring (bicyclic) bond motifs is 3. The molecule has 148 valence electrons. The highest BCUT2D eigenvalue weighted by Crippen LogP contribution is 2.71. The molecule has 0 radical (unpaired) electrons. The van der Waals surface area contributed by atoms with Crippen molar-refractivity contribution in [1.82, 2.24) is 0 Å². The van der Waals surface area contributed by atoms with Crippen molar-refractivity contribution in [3.63, 3.8) is 0 Å². The first-order chi connectivity index (χ1) is 11.9. The average molecular weight is 363 g/mol. The number of rotatable bonds is 2. The van der Waals surface area contributed by atoms with Gasteiger partial charge in [-0.25, -0.2) is 0 Å². The largest absolute Gasteiger partial charge is 0.462 e. The molecular weight excluding hydrogens is 324 g/mol. The van der Waals surface area contributed by atoms with Crippen LogP contribution < -0.4 is 0 Å². The van der Waals surface area contributed by atoms with Crippen LogP contribution in [0.1, 0.15) is 80.1 Å². The van der Waals surface area contributed by atoms with Crippen molar-refractivity contribution in [2.45, 2.75) is 92.3 Å². The summed E-state index contributed by atoms with van der Waals surface area (Å²) in [6.07, 6.45) is 7.97. The van der Waals surface area contributed by atoms with Gasteiger partial charge in [-0.1, -0.05) is 40.7 Å². The highest BCUT2D eigenvalue weighted by molar-refractivity contribution is 5.66. The molecule has 3 rings (SSSR count). The Labute approximate surface area is 159 Å². The molecule has 3 saturated carbocycles. The van der Waals surface area contributed by atoms with Gasteiger partial charge in [0.15, 0.2) is 0 Å². The Morgan fingerprint density at radius 1 is 1.04 bits per heavy atom. The normalized spacial score (nSPS) is 50.3. The third-order valence-corrected chi connectivity index (χ3v) is 9.37. The first kappa shape index (κ1) is 19.9. The number of aliphatic hydroxyl groups excluding tert-OH is 1. The Morgan fingerprint density at radius 3 is 2.27 bits per heavy atom. The summed E-state index contributed by atoms with van der Waals surface area (Å²) < 4.78 is 5.75. The van der Waals surface area contributed by atoms with Gasteiger partial charge in [0.25, 0.3) is 0 Å². The van der Waals surface area contributed by atoms with E-state index in [0.29, 0.717) is 11.8 Å². The molecule has 0 aromatic heterocycles. The maximum atomic E-state index is 11.6. The van der Waals surface area contributed by atoms with Crippen molar-refractivity contribution in [2.24, 2.45) is 33.5 Å². The highest BCUT2D eigenvalue weighted by atomic mass is 16.5. The van der Waals surface area contributed by atoms with Crippen LogP contribution in [0.15, 0.2) is 12.7 Å². The van der Waals surface area contributed by atoms with Crippen molar-refractivity contribution in [2.75, 3.05) is 0 Å². The first-order valence-electron chi connectivity index (χ1n) is 10.4. The summed E-state index contributed by atoms with van der Waals surface area (Å²) in [5, 5.41) is 10.8. The smallest absolute Gasteiger partial charge is 0.302 e. The van der Waals surface area contributed by atoms with E-state index in [1.54, 1.807) is 0 Å². The molecule has 0 amide bonds. The zero-order valence-electron chi connectivity index (χ0n) is 17.6. The Hall–Kier alpha value is -0.830. The summed E-state index contributed by atoms with van der Waals surface area (Å²) in [6.45, 7) is 17.4. The molecule has 0 aliphatic heterocycles. The molecule has 0 aromatic carbocycles. The lowest BCUT2D eigenvalue weighted by Crippen LogP contribution is -2.65. The number of carbonyl (C=O) groups excluding carboxylic acids is 1. The van der Waals surface area contributed by atoms with E-state index in [0.717, 1.165) is 38.5 Å². The van der Waals surface area contributed by atoms with Crippen molar-refractivity contribution in [3.8, 4) is 0 Å². The van der Waals surface area contributed by atoms with Crippen molar-refractivity contribution in [3.05, 3.63) is 12.7 Å². The van der Waals surface area contributed by atoms with Gasteiger partial charge >= 0.3 is 5.97 Å². The fourth-order valence-corrected chi connectivity index (χ4v) is 7.61. The lowest BCUT2D eigenvalue weighted by molar-refractivity contribution is -0.227. The molecule has 3 aliphatic rings. The fraction of sp³-hybridized carbons (Fsp3) is 0.870. The van der Waals surface area contributed by atoms with E-state index >= 15 is 0 Å². The first-order valence-corrected chi connectivity index (χ1v) is 10.4. The van der Waals surface area contributed by atoms with Gasteiger partial charge in [0.05, 0.1) is 6.10 Å². The van der Waals surface area contributed by atoms with Crippen LogP contribution in [-0.4, -0.2) is 23.3 Å². The maximum absolute atomic E-state index is 11.6. The lowest BCUT2D eigenvalue weighted by Gasteiger charge is -2.69. The number of ether oxygens (including phenoxy) is 1. The fourth-order valence-electron chi connectivity index (χ4n) is 7.61. The molecule has 0 aromatic rings. The third kappa shape index (κ3) is 2.45. The second-order valence-corrected chi connectivity index (χ2v) is 10.6. The zero-order valence-corrected chi connectivity index (χ0v) is 17.6. The Bertz CT molecular complexity index is 596. The number of carbonyl (C=O) groups is 1. The van der Waals surface area contributed by atoms with Crippen molar-refractivity contribution >= 4 is 5.97 Å². The standard InChI is InChI=1S/C23H38O3/c1-8-22(6)18(25)10-9-17-21(5)13-12-19(26-15(2)24)20(3,4)16(21)11-14-23(17,22)7/h8,16-19,25H,1,9-14H2,2-7H3/t16-,17+,18+,19-,21+,22+,23+/m0/s1. The Balaban J connectivity index is 1.99. The predicted octanol–water partition coefficient (Wildman–Crippen LogP) is 5.12. The van der Waals surface area contributed by atoms with Gasteiger partial charge in [-0.15, -0.1) is 6.58 Å². The number of hydrogen-bond donors (Lipinski definition) is 1. The number of esters is 1. The molecule has 0 heterocycles. The molecule has 7 atom stereocenters. The minimum atomic E-state index is -0.299. The Morgan fingerprint density at radius 2 is 1.69 bits per heavy atom. The van der Waals surface area contributed by atoms with Gasteiger partial charge in [-0.05, 0) is 61.2 Å². The summed E-state index contributed by atoms with van der Waals surface area (Å²) in [6, 6.07) is 0.